The van der Waals surface area contributed by atoms with Crippen LogP contribution in [0.4, 0.5) is 35.1 Å². The lowest BCUT2D eigenvalue weighted by atomic mass is 10.0. The van der Waals surface area contributed by atoms with Crippen LogP contribution in [0.2, 0.25) is 0 Å². The Kier molecular flexibility index (Phi) is 6.60. The van der Waals surface area contributed by atoms with Crippen LogP contribution >= 0.6 is 0 Å². The maximum atomic E-state index is 14.4. The van der Waals surface area contributed by atoms with E-state index in [2.05, 4.69) is 16.9 Å². The van der Waals surface area contributed by atoms with Gasteiger partial charge in [0.2, 0.25) is 0 Å². The second kappa shape index (κ2) is 9.91. The zero-order valence-corrected chi connectivity index (χ0v) is 19.6. The first kappa shape index (κ1) is 26.0. The van der Waals surface area contributed by atoms with Crippen molar-refractivity contribution < 1.29 is 35.1 Å². The first-order chi connectivity index (χ1) is 18.5. The molecule has 0 bridgehead atoms. The Bertz CT molecular complexity index is 1750. The van der Waals surface area contributed by atoms with Crippen molar-refractivity contribution in [2.75, 3.05) is 0 Å². The van der Waals surface area contributed by atoms with Gasteiger partial charge in [-0.05, 0) is 30.3 Å². The number of halogens is 8. The van der Waals surface area contributed by atoms with E-state index in [1.807, 2.05) is 0 Å². The molecular weight excluding hydrogens is 528 g/mol. The van der Waals surface area contributed by atoms with E-state index in [0.717, 1.165) is 16.8 Å². The number of hydrogen-bond donors (Lipinski definition) is 0. The van der Waals surface area contributed by atoms with Crippen molar-refractivity contribution in [2.45, 2.75) is 12.7 Å². The van der Waals surface area contributed by atoms with E-state index in [1.54, 1.807) is 0 Å². The summed E-state index contributed by atoms with van der Waals surface area (Å²) < 4.78 is 111. The van der Waals surface area contributed by atoms with E-state index < -0.39 is 58.5 Å². The number of alkyl halides is 3. The largest absolute Gasteiger partial charge is 0.418 e. The molecule has 0 aliphatic carbocycles. The SMILES string of the molecule is Fc1ccc(C#Cc2ccc(-c3c4cccc(C(F)(F)F)c4nn3Cc3c(F)cc(F)cc3F)cc2)c(F)c1. The molecule has 5 aromatic rings. The van der Waals surface area contributed by atoms with Gasteiger partial charge in [0, 0.05) is 40.3 Å². The third kappa shape index (κ3) is 5.21. The molecule has 39 heavy (non-hydrogen) atoms. The van der Waals surface area contributed by atoms with E-state index in [4.69, 9.17) is 0 Å². The van der Waals surface area contributed by atoms with Gasteiger partial charge in [0.15, 0.2) is 0 Å². The number of fused-ring (bicyclic) bond motifs is 1. The van der Waals surface area contributed by atoms with Gasteiger partial charge in [0.05, 0.1) is 23.4 Å². The highest BCUT2D eigenvalue weighted by atomic mass is 19.4. The van der Waals surface area contributed by atoms with Crippen LogP contribution in [-0.2, 0) is 12.7 Å². The third-order valence-corrected chi connectivity index (χ3v) is 5.92. The summed E-state index contributed by atoms with van der Waals surface area (Å²) in [6.45, 7) is -0.620. The standard InChI is InChI=1S/C29H14F8N2/c30-19-11-10-17(24(32)12-19)7-4-16-5-8-18(9-6-16)28-21-2-1-3-23(29(35,36)37)27(21)38-39(28)15-22-25(33)13-20(31)14-26(22)34/h1-3,5-6,8-14H,15H2. The topological polar surface area (TPSA) is 17.8 Å². The van der Waals surface area contributed by atoms with Gasteiger partial charge in [-0.2, -0.15) is 18.3 Å². The van der Waals surface area contributed by atoms with Crippen LogP contribution in [0.3, 0.4) is 0 Å². The van der Waals surface area contributed by atoms with E-state index in [0.29, 0.717) is 29.3 Å². The fourth-order valence-corrected chi connectivity index (χ4v) is 4.11. The summed E-state index contributed by atoms with van der Waals surface area (Å²) in [7, 11) is 0. The Labute approximate surface area is 216 Å². The summed E-state index contributed by atoms with van der Waals surface area (Å²) >= 11 is 0. The summed E-state index contributed by atoms with van der Waals surface area (Å²) in [5.74, 6) is 0.133. The van der Waals surface area contributed by atoms with Gasteiger partial charge >= 0.3 is 6.18 Å². The molecule has 0 fully saturated rings. The molecule has 0 radical (unpaired) electrons. The minimum Gasteiger partial charge on any atom is -0.259 e. The third-order valence-electron chi connectivity index (χ3n) is 5.92. The first-order valence-electron chi connectivity index (χ1n) is 11.3. The van der Waals surface area contributed by atoms with Crippen molar-refractivity contribution in [1.29, 1.82) is 0 Å². The summed E-state index contributed by atoms with van der Waals surface area (Å²) in [5, 5.41) is 4.11. The molecule has 4 aromatic carbocycles. The summed E-state index contributed by atoms with van der Waals surface area (Å²) in [5.41, 5.74) is -1.20. The minimum absolute atomic E-state index is 0.0346. The van der Waals surface area contributed by atoms with Crippen LogP contribution in [0.15, 0.2) is 72.8 Å². The summed E-state index contributed by atoms with van der Waals surface area (Å²) in [6, 6.07) is 13.4. The second-order valence-electron chi connectivity index (χ2n) is 8.51. The molecule has 2 nitrogen and oxygen atoms in total. The van der Waals surface area contributed by atoms with Crippen LogP contribution in [0.5, 0.6) is 0 Å². The number of aromatic nitrogens is 2. The molecular formula is C29H14F8N2. The maximum Gasteiger partial charge on any atom is 0.418 e. The number of benzene rings is 4. The molecule has 0 spiro atoms. The fourth-order valence-electron chi connectivity index (χ4n) is 4.11. The van der Waals surface area contributed by atoms with Crippen molar-refractivity contribution >= 4 is 10.9 Å². The average molecular weight is 542 g/mol. The lowest BCUT2D eigenvalue weighted by molar-refractivity contribution is -0.136. The van der Waals surface area contributed by atoms with Crippen LogP contribution in [-0.4, -0.2) is 9.78 Å². The van der Waals surface area contributed by atoms with Gasteiger partial charge in [0.25, 0.3) is 0 Å². The highest BCUT2D eigenvalue weighted by molar-refractivity contribution is 5.95. The van der Waals surface area contributed by atoms with Gasteiger partial charge < -0.3 is 0 Å². The number of rotatable bonds is 3. The van der Waals surface area contributed by atoms with E-state index in [9.17, 15) is 35.1 Å². The first-order valence-corrected chi connectivity index (χ1v) is 11.3. The van der Waals surface area contributed by atoms with Crippen molar-refractivity contribution in [3.05, 3.63) is 124 Å². The van der Waals surface area contributed by atoms with Crippen LogP contribution in [0.25, 0.3) is 22.2 Å². The quantitative estimate of drug-likeness (QED) is 0.168. The van der Waals surface area contributed by atoms with Crippen LogP contribution in [0.1, 0.15) is 22.3 Å². The fraction of sp³-hybridized carbons (Fsp3) is 0.0690. The molecule has 196 valence electrons. The summed E-state index contributed by atoms with van der Waals surface area (Å²) in [6.07, 6.45) is -4.75. The normalized spacial score (nSPS) is 11.5. The second-order valence-corrected chi connectivity index (χ2v) is 8.51. The molecule has 1 aromatic heterocycles. The van der Waals surface area contributed by atoms with Gasteiger partial charge in [-0.3, -0.25) is 4.68 Å². The highest BCUT2D eigenvalue weighted by Crippen LogP contribution is 2.38. The molecule has 5 rings (SSSR count). The lowest BCUT2D eigenvalue weighted by Gasteiger charge is -2.10. The highest BCUT2D eigenvalue weighted by Gasteiger charge is 2.34. The van der Waals surface area contributed by atoms with Crippen molar-refractivity contribution in [2.24, 2.45) is 0 Å². The predicted molar refractivity (Wildman–Crippen MR) is 128 cm³/mol. The molecule has 0 saturated carbocycles. The Morgan fingerprint density at radius 3 is 2.03 bits per heavy atom. The molecule has 0 amide bonds. The van der Waals surface area contributed by atoms with E-state index in [1.165, 1.54) is 42.5 Å². The van der Waals surface area contributed by atoms with E-state index in [-0.39, 0.29) is 16.6 Å². The van der Waals surface area contributed by atoms with Crippen molar-refractivity contribution in [3.63, 3.8) is 0 Å². The zero-order chi connectivity index (χ0) is 27.9. The number of nitrogens with zero attached hydrogens (tertiary/aromatic N) is 2. The molecule has 0 aliphatic heterocycles. The number of hydrogen-bond acceptors (Lipinski definition) is 1. The molecule has 10 heteroatoms. The van der Waals surface area contributed by atoms with Gasteiger partial charge in [-0.25, -0.2) is 22.0 Å². The van der Waals surface area contributed by atoms with Crippen molar-refractivity contribution in [3.8, 4) is 23.1 Å². The Morgan fingerprint density at radius 1 is 0.718 bits per heavy atom. The smallest absolute Gasteiger partial charge is 0.259 e. The Hall–Kier alpha value is -4.65. The molecule has 0 aliphatic rings. The minimum atomic E-state index is -4.75. The van der Waals surface area contributed by atoms with Crippen LogP contribution in [0, 0.1) is 40.9 Å². The molecule has 0 N–H and O–H groups in total. The maximum absolute atomic E-state index is 14.4. The van der Waals surface area contributed by atoms with Gasteiger partial charge in [0.1, 0.15) is 34.6 Å². The molecule has 0 atom stereocenters. The van der Waals surface area contributed by atoms with Gasteiger partial charge in [-0.1, -0.05) is 36.1 Å². The van der Waals surface area contributed by atoms with Gasteiger partial charge in [-0.15, -0.1) is 0 Å². The van der Waals surface area contributed by atoms with E-state index >= 15 is 0 Å². The van der Waals surface area contributed by atoms with Crippen molar-refractivity contribution in [1.82, 2.24) is 9.78 Å². The van der Waals surface area contributed by atoms with Crippen LogP contribution < -0.4 is 0 Å². The average Bonchev–Trinajstić information content (AvgIpc) is 3.23. The molecule has 0 unspecified atom stereocenters. The predicted octanol–water partition coefficient (Wildman–Crippen LogP) is 7.87. The monoisotopic (exact) mass is 542 g/mol. The Morgan fingerprint density at radius 2 is 1.38 bits per heavy atom. The zero-order valence-electron chi connectivity index (χ0n) is 19.6. The molecule has 0 saturated heterocycles. The lowest BCUT2D eigenvalue weighted by Crippen LogP contribution is -2.09. The molecule has 1 heterocycles. The summed E-state index contributed by atoms with van der Waals surface area (Å²) in [4.78, 5) is 0. The Balaban J connectivity index is 1.62.